The SMILES string of the molecule is Cl.N=C(N)N.c1cn[nH]c1. The molecule has 0 aliphatic rings. The highest BCUT2D eigenvalue weighted by Crippen LogP contribution is 1.64. The van der Waals surface area contributed by atoms with Gasteiger partial charge in [0, 0.05) is 12.4 Å². The lowest BCUT2D eigenvalue weighted by atomic mass is 10.8. The molecule has 0 spiro atoms. The summed E-state index contributed by atoms with van der Waals surface area (Å²) in [5.41, 5.74) is 8.94. The van der Waals surface area contributed by atoms with Crippen LogP contribution in [-0.2, 0) is 0 Å². The average molecular weight is 164 g/mol. The zero-order valence-electron chi connectivity index (χ0n) is 5.24. The summed E-state index contributed by atoms with van der Waals surface area (Å²) in [4.78, 5) is 0. The Labute approximate surface area is 64.7 Å². The number of hydrogen-bond donors (Lipinski definition) is 4. The van der Waals surface area contributed by atoms with E-state index < -0.39 is 0 Å². The second-order valence-electron chi connectivity index (χ2n) is 1.22. The molecule has 0 fully saturated rings. The van der Waals surface area contributed by atoms with Crippen molar-refractivity contribution >= 4 is 18.4 Å². The van der Waals surface area contributed by atoms with Gasteiger partial charge in [0.1, 0.15) is 0 Å². The smallest absolute Gasteiger partial charge is 0.183 e. The van der Waals surface area contributed by atoms with Crippen LogP contribution in [0.25, 0.3) is 0 Å². The Balaban J connectivity index is 0. The van der Waals surface area contributed by atoms with Gasteiger partial charge in [0.05, 0.1) is 0 Å². The van der Waals surface area contributed by atoms with Gasteiger partial charge in [0.2, 0.25) is 0 Å². The summed E-state index contributed by atoms with van der Waals surface area (Å²) >= 11 is 0. The number of nitrogens with one attached hydrogen (secondary N) is 2. The summed E-state index contributed by atoms with van der Waals surface area (Å²) in [6.07, 6.45) is 3.46. The third-order valence-corrected chi connectivity index (χ3v) is 0.406. The molecule has 0 radical (unpaired) electrons. The Morgan fingerprint density at radius 1 is 1.50 bits per heavy atom. The molecule has 1 aromatic rings. The summed E-state index contributed by atoms with van der Waals surface area (Å²) in [5.74, 6) is -0.333. The number of aromatic nitrogens is 2. The molecule has 0 aliphatic heterocycles. The Kier molecular flexibility index (Phi) is 8.98. The number of aromatic amines is 1. The van der Waals surface area contributed by atoms with Crippen LogP contribution in [0.5, 0.6) is 0 Å². The van der Waals surface area contributed by atoms with E-state index in [1.807, 2.05) is 6.07 Å². The van der Waals surface area contributed by atoms with Crippen LogP contribution in [0.4, 0.5) is 0 Å². The molecule has 0 unspecified atom stereocenters. The molecule has 1 aromatic heterocycles. The van der Waals surface area contributed by atoms with E-state index in [9.17, 15) is 0 Å². The molecule has 6 heteroatoms. The first-order chi connectivity index (χ1) is 4.23. The van der Waals surface area contributed by atoms with E-state index in [4.69, 9.17) is 5.41 Å². The largest absolute Gasteiger partial charge is 0.370 e. The van der Waals surface area contributed by atoms with Gasteiger partial charge in [-0.15, -0.1) is 12.4 Å². The Morgan fingerprint density at radius 3 is 2.10 bits per heavy atom. The lowest BCUT2D eigenvalue weighted by Gasteiger charge is -1.69. The van der Waals surface area contributed by atoms with Gasteiger partial charge in [-0.05, 0) is 6.07 Å². The van der Waals surface area contributed by atoms with Crippen molar-refractivity contribution in [2.75, 3.05) is 0 Å². The molecular weight excluding hydrogens is 154 g/mol. The van der Waals surface area contributed by atoms with Gasteiger partial charge in [-0.25, -0.2) is 0 Å². The van der Waals surface area contributed by atoms with Crippen molar-refractivity contribution in [1.29, 1.82) is 5.41 Å². The van der Waals surface area contributed by atoms with Gasteiger partial charge in [0.25, 0.3) is 0 Å². The van der Waals surface area contributed by atoms with Crippen molar-refractivity contribution in [3.05, 3.63) is 18.5 Å². The van der Waals surface area contributed by atoms with Gasteiger partial charge in [-0.3, -0.25) is 10.5 Å². The minimum atomic E-state index is -0.333. The number of nitrogens with zero attached hydrogens (tertiary/aromatic N) is 1. The first-order valence-electron chi connectivity index (χ1n) is 2.26. The topological polar surface area (TPSA) is 105 Å². The van der Waals surface area contributed by atoms with Crippen LogP contribution in [0.3, 0.4) is 0 Å². The van der Waals surface area contributed by atoms with Crippen molar-refractivity contribution in [2.45, 2.75) is 0 Å². The van der Waals surface area contributed by atoms with Gasteiger partial charge < -0.3 is 11.5 Å². The van der Waals surface area contributed by atoms with E-state index in [1.165, 1.54) is 0 Å². The summed E-state index contributed by atoms with van der Waals surface area (Å²) in [5, 5.41) is 12.3. The third kappa shape index (κ3) is 15.9. The quantitative estimate of drug-likeness (QED) is 0.311. The monoisotopic (exact) mass is 163 g/mol. The standard InChI is InChI=1S/C3H4N2.CH5N3.ClH/c1-2-4-5-3-1;2-1(3)4;/h1-3H,(H,4,5);(H5,2,3,4);1H. The van der Waals surface area contributed by atoms with E-state index in [0.717, 1.165) is 0 Å². The normalized spacial score (nSPS) is 6.40. The Bertz CT molecular complexity index is 127. The second-order valence-corrected chi connectivity index (χ2v) is 1.22. The Hall–Kier alpha value is -1.23. The number of guanidine groups is 1. The van der Waals surface area contributed by atoms with Gasteiger partial charge in [-0.2, -0.15) is 5.10 Å². The summed E-state index contributed by atoms with van der Waals surface area (Å²) in [7, 11) is 0. The van der Waals surface area contributed by atoms with Crippen molar-refractivity contribution in [3.63, 3.8) is 0 Å². The lowest BCUT2D eigenvalue weighted by molar-refractivity contribution is 1.09. The highest BCUT2D eigenvalue weighted by Gasteiger charge is 1.56. The molecule has 0 aliphatic carbocycles. The van der Waals surface area contributed by atoms with Gasteiger partial charge in [0.15, 0.2) is 5.96 Å². The average Bonchev–Trinajstić information content (AvgIpc) is 2.11. The molecule has 1 heterocycles. The summed E-state index contributed by atoms with van der Waals surface area (Å²) in [6, 6.07) is 1.83. The van der Waals surface area contributed by atoms with E-state index in [2.05, 4.69) is 21.7 Å². The van der Waals surface area contributed by atoms with E-state index in [-0.39, 0.29) is 18.4 Å². The maximum absolute atomic E-state index is 6.06. The minimum absolute atomic E-state index is 0. The van der Waals surface area contributed by atoms with Crippen LogP contribution in [0.15, 0.2) is 18.5 Å². The Morgan fingerprint density at radius 2 is 2.00 bits per heavy atom. The molecule has 5 nitrogen and oxygen atoms in total. The molecule has 10 heavy (non-hydrogen) atoms. The molecule has 0 amide bonds. The van der Waals surface area contributed by atoms with Crippen LogP contribution in [0, 0.1) is 5.41 Å². The van der Waals surface area contributed by atoms with Crippen molar-refractivity contribution in [1.82, 2.24) is 10.2 Å². The molecule has 58 valence electrons. The zero-order valence-corrected chi connectivity index (χ0v) is 6.06. The fraction of sp³-hybridized carbons (Fsp3) is 0. The predicted octanol–water partition coefficient (Wildman–Crippen LogP) is -0.330. The second kappa shape index (κ2) is 7.77. The van der Waals surface area contributed by atoms with Crippen LogP contribution in [-0.4, -0.2) is 16.2 Å². The number of hydrogen-bond acceptors (Lipinski definition) is 2. The number of nitrogens with two attached hydrogens (primary N) is 2. The molecule has 0 aromatic carbocycles. The number of rotatable bonds is 0. The molecule has 0 saturated heterocycles. The van der Waals surface area contributed by atoms with Gasteiger partial charge >= 0.3 is 0 Å². The van der Waals surface area contributed by atoms with Crippen molar-refractivity contribution in [3.8, 4) is 0 Å². The molecule has 0 atom stereocenters. The third-order valence-electron chi connectivity index (χ3n) is 0.406. The maximum Gasteiger partial charge on any atom is 0.183 e. The lowest BCUT2D eigenvalue weighted by Crippen LogP contribution is -2.20. The van der Waals surface area contributed by atoms with Crippen LogP contribution in [0.2, 0.25) is 0 Å². The van der Waals surface area contributed by atoms with E-state index >= 15 is 0 Å². The van der Waals surface area contributed by atoms with E-state index in [0.29, 0.717) is 0 Å². The molecule has 1 rings (SSSR count). The van der Waals surface area contributed by atoms with E-state index in [1.54, 1.807) is 12.4 Å². The highest BCUT2D eigenvalue weighted by molar-refractivity contribution is 5.85. The van der Waals surface area contributed by atoms with Crippen LogP contribution >= 0.6 is 12.4 Å². The summed E-state index contributed by atoms with van der Waals surface area (Å²) < 4.78 is 0. The molecular formula is C4H10ClN5. The minimum Gasteiger partial charge on any atom is -0.370 e. The maximum atomic E-state index is 6.06. The first-order valence-corrected chi connectivity index (χ1v) is 2.26. The summed E-state index contributed by atoms with van der Waals surface area (Å²) in [6.45, 7) is 0. The first kappa shape index (κ1) is 11.6. The van der Waals surface area contributed by atoms with Crippen LogP contribution < -0.4 is 11.5 Å². The van der Waals surface area contributed by atoms with Gasteiger partial charge in [-0.1, -0.05) is 0 Å². The number of H-pyrrole nitrogens is 1. The highest BCUT2D eigenvalue weighted by atomic mass is 35.5. The fourth-order valence-corrected chi connectivity index (χ4v) is 0.215. The molecule has 0 bridgehead atoms. The van der Waals surface area contributed by atoms with Crippen LogP contribution in [0.1, 0.15) is 0 Å². The fourth-order valence-electron chi connectivity index (χ4n) is 0.215. The molecule has 6 N–H and O–H groups in total. The zero-order chi connectivity index (χ0) is 7.11. The number of halogens is 1. The van der Waals surface area contributed by atoms with Crippen molar-refractivity contribution < 1.29 is 0 Å². The molecule has 0 saturated carbocycles. The van der Waals surface area contributed by atoms with Crippen molar-refractivity contribution in [2.24, 2.45) is 11.5 Å². The predicted molar refractivity (Wildman–Crippen MR) is 41.9 cm³/mol.